The van der Waals surface area contributed by atoms with Crippen LogP contribution in [0.25, 0.3) is 16.3 Å². The maximum atomic E-state index is 12.1. The number of anilines is 1. The van der Waals surface area contributed by atoms with E-state index >= 15 is 0 Å². The Morgan fingerprint density at radius 1 is 1.15 bits per heavy atom. The van der Waals surface area contributed by atoms with E-state index in [0.29, 0.717) is 16.4 Å². The number of hydrogen-bond donors (Lipinski definition) is 1. The predicted molar refractivity (Wildman–Crippen MR) is 106 cm³/mol. The van der Waals surface area contributed by atoms with Crippen LogP contribution in [0.15, 0.2) is 54.6 Å². The van der Waals surface area contributed by atoms with Crippen molar-refractivity contribution < 1.29 is 19.1 Å². The van der Waals surface area contributed by atoms with Gasteiger partial charge in [-0.25, -0.2) is 9.78 Å². The van der Waals surface area contributed by atoms with Crippen molar-refractivity contribution in [3.8, 4) is 5.75 Å². The van der Waals surface area contributed by atoms with Crippen LogP contribution < -0.4 is 10.1 Å². The molecule has 0 radical (unpaired) electrons. The van der Waals surface area contributed by atoms with Crippen molar-refractivity contribution in [2.45, 2.75) is 13.0 Å². The van der Waals surface area contributed by atoms with Crippen LogP contribution in [0.5, 0.6) is 5.75 Å². The maximum absolute atomic E-state index is 12.1. The van der Waals surface area contributed by atoms with Crippen LogP contribution in [0.3, 0.4) is 0 Å². The summed E-state index contributed by atoms with van der Waals surface area (Å²) in [5, 5.41) is 3.38. The van der Waals surface area contributed by atoms with E-state index in [9.17, 15) is 9.59 Å². The molecule has 3 rings (SSSR count). The quantitative estimate of drug-likeness (QED) is 0.517. The Balaban J connectivity index is 1.54. The summed E-state index contributed by atoms with van der Waals surface area (Å²) in [5.74, 6) is -0.332. The van der Waals surface area contributed by atoms with Gasteiger partial charge in [0.25, 0.3) is 5.91 Å². The minimum absolute atomic E-state index is 0.415. The van der Waals surface area contributed by atoms with Gasteiger partial charge in [0.2, 0.25) is 0 Å². The number of para-hydroxylation sites is 1. The molecule has 1 heterocycles. The van der Waals surface area contributed by atoms with Gasteiger partial charge in [0, 0.05) is 11.8 Å². The SMILES string of the molecule is COc1ccc(NC(=O)[C@@H](C)OC(=O)/C=C/c2nc3ccccc3s2)cc1. The minimum atomic E-state index is -0.931. The molecule has 0 unspecified atom stereocenters. The van der Waals surface area contributed by atoms with E-state index in [1.807, 2.05) is 24.3 Å². The second-order valence-electron chi connectivity index (χ2n) is 5.65. The fourth-order valence-corrected chi connectivity index (χ4v) is 3.16. The molecule has 0 fully saturated rings. The molecule has 1 atom stereocenters. The number of carbonyl (C=O) groups is 2. The first kappa shape index (κ1) is 18.6. The van der Waals surface area contributed by atoms with Crippen LogP contribution in [-0.4, -0.2) is 30.1 Å². The lowest BCUT2D eigenvalue weighted by atomic mass is 10.3. The lowest BCUT2D eigenvalue weighted by Crippen LogP contribution is -2.29. The number of methoxy groups -OCH3 is 1. The topological polar surface area (TPSA) is 77.5 Å². The normalized spacial score (nSPS) is 12.1. The molecule has 0 bridgehead atoms. The number of aromatic nitrogens is 1. The van der Waals surface area contributed by atoms with Gasteiger partial charge in [0.15, 0.2) is 6.10 Å². The molecule has 0 spiro atoms. The third kappa shape index (κ3) is 4.92. The van der Waals surface area contributed by atoms with Crippen LogP contribution in [0.2, 0.25) is 0 Å². The first-order chi connectivity index (χ1) is 13.0. The Kier molecular flexibility index (Phi) is 5.83. The Morgan fingerprint density at radius 2 is 1.89 bits per heavy atom. The van der Waals surface area contributed by atoms with E-state index < -0.39 is 18.0 Å². The fraction of sp³-hybridized carbons (Fsp3) is 0.150. The van der Waals surface area contributed by atoms with E-state index in [1.54, 1.807) is 37.5 Å². The Morgan fingerprint density at radius 3 is 2.59 bits per heavy atom. The van der Waals surface area contributed by atoms with E-state index in [4.69, 9.17) is 9.47 Å². The molecular weight excluding hydrogens is 364 g/mol. The van der Waals surface area contributed by atoms with Crippen LogP contribution in [0.4, 0.5) is 5.69 Å². The number of ether oxygens (including phenoxy) is 2. The molecule has 7 heteroatoms. The number of rotatable bonds is 6. The molecule has 0 saturated heterocycles. The lowest BCUT2D eigenvalue weighted by Gasteiger charge is -2.12. The van der Waals surface area contributed by atoms with Gasteiger partial charge in [-0.1, -0.05) is 12.1 Å². The molecule has 1 amide bonds. The average Bonchev–Trinajstić information content (AvgIpc) is 3.10. The van der Waals surface area contributed by atoms with Gasteiger partial charge < -0.3 is 14.8 Å². The molecule has 0 saturated carbocycles. The van der Waals surface area contributed by atoms with Crippen molar-refractivity contribution >= 4 is 45.2 Å². The Bertz CT molecular complexity index is 946. The van der Waals surface area contributed by atoms with Crippen LogP contribution >= 0.6 is 11.3 Å². The first-order valence-corrected chi connectivity index (χ1v) is 9.06. The Hall–Kier alpha value is -3.19. The number of thiazole rings is 1. The summed E-state index contributed by atoms with van der Waals surface area (Å²) in [7, 11) is 1.57. The highest BCUT2D eigenvalue weighted by Gasteiger charge is 2.16. The van der Waals surface area contributed by atoms with Crippen molar-refractivity contribution in [1.82, 2.24) is 4.98 Å². The summed E-state index contributed by atoms with van der Waals surface area (Å²) < 4.78 is 11.2. The maximum Gasteiger partial charge on any atom is 0.331 e. The van der Waals surface area contributed by atoms with Gasteiger partial charge in [-0.05, 0) is 49.4 Å². The van der Waals surface area contributed by atoms with E-state index in [2.05, 4.69) is 10.3 Å². The molecule has 1 aromatic heterocycles. The third-order valence-corrected chi connectivity index (χ3v) is 4.69. The summed E-state index contributed by atoms with van der Waals surface area (Å²) in [6, 6.07) is 14.6. The fourth-order valence-electron chi connectivity index (χ4n) is 2.29. The summed E-state index contributed by atoms with van der Waals surface area (Å²) >= 11 is 1.47. The first-order valence-electron chi connectivity index (χ1n) is 8.24. The van der Waals surface area contributed by atoms with Gasteiger partial charge >= 0.3 is 5.97 Å². The number of esters is 1. The summed E-state index contributed by atoms with van der Waals surface area (Å²) in [5.41, 5.74) is 1.47. The number of amides is 1. The molecule has 0 aliphatic rings. The Labute approximate surface area is 160 Å². The lowest BCUT2D eigenvalue weighted by molar-refractivity contribution is -0.148. The van der Waals surface area contributed by atoms with Gasteiger partial charge in [-0.2, -0.15) is 0 Å². The second-order valence-corrected chi connectivity index (χ2v) is 6.71. The van der Waals surface area contributed by atoms with Crippen LogP contribution in [-0.2, 0) is 14.3 Å². The highest BCUT2D eigenvalue weighted by molar-refractivity contribution is 7.19. The van der Waals surface area contributed by atoms with Gasteiger partial charge in [-0.15, -0.1) is 11.3 Å². The summed E-state index contributed by atoms with van der Waals surface area (Å²) in [4.78, 5) is 28.5. The predicted octanol–water partition coefficient (Wildman–Crippen LogP) is 3.89. The molecule has 27 heavy (non-hydrogen) atoms. The standard InChI is InChI=1S/C20H18N2O4S/c1-13(20(24)21-14-7-9-15(25-2)10-8-14)26-19(23)12-11-18-22-16-5-3-4-6-17(16)27-18/h3-13H,1-2H3,(H,21,24)/b12-11+/t13-/m1/s1. The molecule has 1 N–H and O–H groups in total. The van der Waals surface area contributed by atoms with Crippen molar-refractivity contribution in [1.29, 1.82) is 0 Å². The second kappa shape index (κ2) is 8.46. The number of hydrogen-bond acceptors (Lipinski definition) is 6. The number of nitrogens with one attached hydrogen (secondary N) is 1. The zero-order valence-corrected chi connectivity index (χ0v) is 15.7. The average molecular weight is 382 g/mol. The number of nitrogens with zero attached hydrogens (tertiary/aromatic N) is 1. The zero-order chi connectivity index (χ0) is 19.2. The van der Waals surface area contributed by atoms with Gasteiger partial charge in [0.1, 0.15) is 10.8 Å². The molecule has 3 aromatic rings. The molecule has 6 nitrogen and oxygen atoms in total. The summed E-state index contributed by atoms with van der Waals surface area (Å²) in [6.07, 6.45) is 1.93. The smallest absolute Gasteiger partial charge is 0.331 e. The highest BCUT2D eigenvalue weighted by Crippen LogP contribution is 2.22. The molecule has 2 aromatic carbocycles. The van der Waals surface area contributed by atoms with Crippen LogP contribution in [0, 0.1) is 0 Å². The minimum Gasteiger partial charge on any atom is -0.497 e. The third-order valence-electron chi connectivity index (χ3n) is 3.69. The van der Waals surface area contributed by atoms with Crippen molar-refractivity contribution in [2.24, 2.45) is 0 Å². The van der Waals surface area contributed by atoms with E-state index in [-0.39, 0.29) is 0 Å². The van der Waals surface area contributed by atoms with Gasteiger partial charge in [-0.3, -0.25) is 4.79 Å². The summed E-state index contributed by atoms with van der Waals surface area (Å²) in [6.45, 7) is 1.52. The number of benzene rings is 2. The molecule has 138 valence electrons. The molecule has 0 aliphatic heterocycles. The number of carbonyl (C=O) groups excluding carboxylic acids is 2. The largest absolute Gasteiger partial charge is 0.497 e. The van der Waals surface area contributed by atoms with Crippen LogP contribution in [0.1, 0.15) is 11.9 Å². The molecular formula is C20H18N2O4S. The van der Waals surface area contributed by atoms with Crippen molar-refractivity contribution in [3.63, 3.8) is 0 Å². The van der Waals surface area contributed by atoms with Crippen molar-refractivity contribution in [2.75, 3.05) is 12.4 Å². The van der Waals surface area contributed by atoms with Crippen molar-refractivity contribution in [3.05, 3.63) is 59.6 Å². The number of fused-ring (bicyclic) bond motifs is 1. The highest BCUT2D eigenvalue weighted by atomic mass is 32.1. The van der Waals surface area contributed by atoms with E-state index in [1.165, 1.54) is 24.3 Å². The molecule has 0 aliphatic carbocycles. The van der Waals surface area contributed by atoms with E-state index in [0.717, 1.165) is 10.2 Å². The van der Waals surface area contributed by atoms with Gasteiger partial charge in [0.05, 0.1) is 17.3 Å². The monoisotopic (exact) mass is 382 g/mol. The zero-order valence-electron chi connectivity index (χ0n) is 14.8.